The van der Waals surface area contributed by atoms with Crippen LogP contribution in [0.5, 0.6) is 0 Å². The van der Waals surface area contributed by atoms with Crippen LogP contribution in [0, 0.1) is 12.8 Å². The number of carbonyl (C=O) groups excluding carboxylic acids is 3. The average Bonchev–Trinajstić information content (AvgIpc) is 3.42. The Morgan fingerprint density at radius 1 is 1.26 bits per heavy atom. The number of amides is 3. The number of likely N-dealkylation sites (N-methyl/N-ethyl adjacent to an activating group) is 1. The molecule has 1 N–H and O–H groups in total. The summed E-state index contributed by atoms with van der Waals surface area (Å²) < 4.78 is 1.82. The van der Waals surface area contributed by atoms with Gasteiger partial charge in [0, 0.05) is 26.6 Å². The molecule has 3 amide bonds. The van der Waals surface area contributed by atoms with Crippen molar-refractivity contribution < 1.29 is 14.4 Å². The molecule has 0 bridgehead atoms. The second-order valence-corrected chi connectivity index (χ2v) is 10.2. The molecule has 0 aromatic carbocycles. The van der Waals surface area contributed by atoms with E-state index >= 15 is 0 Å². The molecule has 0 saturated carbocycles. The van der Waals surface area contributed by atoms with Crippen LogP contribution in [0.4, 0.5) is 0 Å². The molecule has 2 atom stereocenters. The van der Waals surface area contributed by atoms with Crippen LogP contribution in [0.1, 0.15) is 63.3 Å². The minimum absolute atomic E-state index is 0.0325. The van der Waals surface area contributed by atoms with Crippen molar-refractivity contribution in [2.24, 2.45) is 5.92 Å². The number of nitrogens with zero attached hydrogens (tertiary/aromatic N) is 5. The van der Waals surface area contributed by atoms with Crippen LogP contribution in [0.25, 0.3) is 0 Å². The van der Waals surface area contributed by atoms with Gasteiger partial charge in [-0.3, -0.25) is 14.4 Å². The molecule has 1 aliphatic heterocycles. The number of nitrogens with one attached hydrogen (secondary N) is 1. The molecule has 0 fully saturated rings. The number of thiophene rings is 1. The summed E-state index contributed by atoms with van der Waals surface area (Å²) in [6, 6.07) is 1.02. The Kier molecular flexibility index (Phi) is 8.82. The Morgan fingerprint density at radius 3 is 2.71 bits per heavy atom. The van der Waals surface area contributed by atoms with Gasteiger partial charge in [0.15, 0.2) is 0 Å². The number of carbonyl (C=O) groups is 3. The van der Waals surface area contributed by atoms with E-state index in [4.69, 9.17) is 0 Å². The summed E-state index contributed by atoms with van der Waals surface area (Å²) >= 11 is 1.57. The summed E-state index contributed by atoms with van der Waals surface area (Å²) in [6.07, 6.45) is 1.84. The van der Waals surface area contributed by atoms with Crippen molar-refractivity contribution in [1.82, 2.24) is 29.9 Å². The highest BCUT2D eigenvalue weighted by atomic mass is 32.1. The first-order valence-electron chi connectivity index (χ1n) is 11.9. The Balaban J connectivity index is 1.90. The molecule has 186 valence electrons. The molecule has 0 unspecified atom stereocenters. The van der Waals surface area contributed by atoms with Gasteiger partial charge in [-0.2, -0.15) is 16.4 Å². The number of rotatable bonds is 4. The third-order valence-electron chi connectivity index (χ3n) is 6.18. The highest BCUT2D eigenvalue weighted by molar-refractivity contribution is 7.08. The van der Waals surface area contributed by atoms with Crippen LogP contribution in [0.2, 0.25) is 0 Å². The lowest BCUT2D eigenvalue weighted by Crippen LogP contribution is -2.47. The number of aromatic nitrogens is 3. The zero-order valence-electron chi connectivity index (χ0n) is 20.8. The zero-order valence-corrected chi connectivity index (χ0v) is 21.6. The van der Waals surface area contributed by atoms with Crippen molar-refractivity contribution >= 4 is 29.1 Å². The van der Waals surface area contributed by atoms with E-state index in [2.05, 4.69) is 29.2 Å². The standard InChI is InChI=1S/C24H36N6O3S/c1-16(2)13-20-23-25-18(4)27-30(23)11-10-29(22(32)14-19-8-12-34-15-19)9-6-7-21(31)28(5)17(3)24(33)26-20/h8,12,15-17,20H,6-7,9-11,13-14H2,1-5H3,(H,26,33)/t17-,20+/m0/s1. The Bertz CT molecular complexity index is 987. The van der Waals surface area contributed by atoms with Gasteiger partial charge in [0.2, 0.25) is 17.7 Å². The first kappa shape index (κ1) is 25.9. The second-order valence-electron chi connectivity index (χ2n) is 9.40. The summed E-state index contributed by atoms with van der Waals surface area (Å²) in [5.74, 6) is 1.34. The molecule has 1 aliphatic rings. The summed E-state index contributed by atoms with van der Waals surface area (Å²) in [7, 11) is 1.65. The fraction of sp³-hybridized carbons (Fsp3) is 0.625. The SMILES string of the molecule is Cc1nc2n(n1)CCN(C(=O)Cc1ccsc1)CCCC(=O)N(C)[C@@H](C)C(=O)N[C@@H]2CC(C)C. The molecular formula is C24H36N6O3S. The normalized spacial score (nSPS) is 20.8. The summed E-state index contributed by atoms with van der Waals surface area (Å²) in [5.41, 5.74) is 0.996. The maximum Gasteiger partial charge on any atom is 0.243 e. The van der Waals surface area contributed by atoms with Gasteiger partial charge >= 0.3 is 0 Å². The van der Waals surface area contributed by atoms with Crippen LogP contribution in [-0.2, 0) is 27.3 Å². The third kappa shape index (κ3) is 6.65. The molecule has 9 nitrogen and oxygen atoms in total. The lowest BCUT2D eigenvalue weighted by molar-refractivity contribution is -0.139. The van der Waals surface area contributed by atoms with Gasteiger partial charge in [-0.05, 0) is 55.0 Å². The molecule has 3 rings (SSSR count). The summed E-state index contributed by atoms with van der Waals surface area (Å²) in [4.78, 5) is 46.8. The monoisotopic (exact) mass is 488 g/mol. The van der Waals surface area contributed by atoms with E-state index in [1.165, 1.54) is 4.90 Å². The van der Waals surface area contributed by atoms with E-state index in [-0.39, 0.29) is 30.2 Å². The molecule has 3 heterocycles. The summed E-state index contributed by atoms with van der Waals surface area (Å²) in [5, 5.41) is 11.6. The molecule has 34 heavy (non-hydrogen) atoms. The molecule has 2 aromatic heterocycles. The van der Waals surface area contributed by atoms with Gasteiger partial charge in [-0.1, -0.05) is 13.8 Å². The van der Waals surface area contributed by atoms with Crippen molar-refractivity contribution in [2.45, 2.75) is 72.0 Å². The predicted octanol–water partition coefficient (Wildman–Crippen LogP) is 2.56. The fourth-order valence-electron chi connectivity index (χ4n) is 4.13. The molecule has 2 aromatic rings. The maximum atomic E-state index is 13.1. The lowest BCUT2D eigenvalue weighted by atomic mass is 10.0. The van der Waals surface area contributed by atoms with Crippen molar-refractivity contribution in [3.8, 4) is 0 Å². The Labute approximate surface area is 205 Å². The first-order chi connectivity index (χ1) is 16.2. The van der Waals surface area contributed by atoms with E-state index in [0.29, 0.717) is 56.5 Å². The minimum Gasteiger partial charge on any atom is -0.344 e. The third-order valence-corrected chi connectivity index (χ3v) is 6.92. The fourth-order valence-corrected chi connectivity index (χ4v) is 4.80. The number of aryl methyl sites for hydroxylation is 1. The van der Waals surface area contributed by atoms with Gasteiger partial charge in [0.25, 0.3) is 0 Å². The molecule has 0 spiro atoms. The van der Waals surface area contributed by atoms with Crippen LogP contribution in [0.15, 0.2) is 16.8 Å². The highest BCUT2D eigenvalue weighted by Gasteiger charge is 2.29. The van der Waals surface area contributed by atoms with Gasteiger partial charge in [0.05, 0.1) is 19.0 Å². The van der Waals surface area contributed by atoms with E-state index in [0.717, 1.165) is 5.56 Å². The van der Waals surface area contributed by atoms with Gasteiger partial charge in [-0.25, -0.2) is 9.67 Å². The van der Waals surface area contributed by atoms with Crippen LogP contribution in [0.3, 0.4) is 0 Å². The topological polar surface area (TPSA) is 100 Å². The number of fused-ring (bicyclic) bond motifs is 1. The molecule has 10 heteroatoms. The predicted molar refractivity (Wildman–Crippen MR) is 131 cm³/mol. The van der Waals surface area contributed by atoms with Crippen LogP contribution >= 0.6 is 11.3 Å². The lowest BCUT2D eigenvalue weighted by Gasteiger charge is -2.29. The minimum atomic E-state index is -0.612. The van der Waals surface area contributed by atoms with Crippen molar-refractivity contribution in [1.29, 1.82) is 0 Å². The molecule has 0 aliphatic carbocycles. The van der Waals surface area contributed by atoms with E-state index in [1.807, 2.05) is 33.3 Å². The number of hydrogen-bond donors (Lipinski definition) is 1. The smallest absolute Gasteiger partial charge is 0.243 e. The van der Waals surface area contributed by atoms with Crippen LogP contribution in [-0.4, -0.2) is 68.5 Å². The van der Waals surface area contributed by atoms with Crippen molar-refractivity contribution in [3.63, 3.8) is 0 Å². The van der Waals surface area contributed by atoms with Crippen molar-refractivity contribution in [2.75, 3.05) is 20.1 Å². The van der Waals surface area contributed by atoms with Gasteiger partial charge in [-0.15, -0.1) is 0 Å². The highest BCUT2D eigenvalue weighted by Crippen LogP contribution is 2.21. The zero-order chi connectivity index (χ0) is 24.8. The first-order valence-corrected chi connectivity index (χ1v) is 12.9. The Hall–Kier alpha value is -2.75. The second kappa shape index (κ2) is 11.6. The molecule has 0 radical (unpaired) electrons. The van der Waals surface area contributed by atoms with Gasteiger partial charge in [0.1, 0.15) is 17.7 Å². The van der Waals surface area contributed by atoms with E-state index in [1.54, 1.807) is 25.3 Å². The number of hydrogen-bond acceptors (Lipinski definition) is 6. The summed E-state index contributed by atoms with van der Waals surface area (Å²) in [6.45, 7) is 9.15. The molecule has 0 saturated heterocycles. The van der Waals surface area contributed by atoms with Crippen molar-refractivity contribution in [3.05, 3.63) is 34.0 Å². The van der Waals surface area contributed by atoms with Crippen LogP contribution < -0.4 is 5.32 Å². The average molecular weight is 489 g/mol. The maximum absolute atomic E-state index is 13.1. The largest absolute Gasteiger partial charge is 0.344 e. The van der Waals surface area contributed by atoms with E-state index in [9.17, 15) is 14.4 Å². The van der Waals surface area contributed by atoms with Gasteiger partial charge < -0.3 is 15.1 Å². The van der Waals surface area contributed by atoms with E-state index < -0.39 is 6.04 Å². The Morgan fingerprint density at radius 2 is 2.03 bits per heavy atom. The quantitative estimate of drug-likeness (QED) is 0.713. The molecular weight excluding hydrogens is 452 g/mol.